The van der Waals surface area contributed by atoms with E-state index in [4.69, 9.17) is 18.9 Å². The molecule has 2 saturated heterocycles. The van der Waals surface area contributed by atoms with Crippen LogP contribution in [0.5, 0.6) is 5.75 Å². The first-order chi connectivity index (χ1) is 21.7. The molecule has 0 saturated carbocycles. The lowest BCUT2D eigenvalue weighted by atomic mass is 9.96. The van der Waals surface area contributed by atoms with Crippen LogP contribution in [-0.4, -0.2) is 81.3 Å². The van der Waals surface area contributed by atoms with E-state index < -0.39 is 40.2 Å². The molecule has 0 spiro atoms. The van der Waals surface area contributed by atoms with Crippen LogP contribution in [0, 0.1) is 6.92 Å². The van der Waals surface area contributed by atoms with E-state index in [0.717, 1.165) is 27.3 Å². The Balaban J connectivity index is 1.34. The zero-order valence-electron chi connectivity index (χ0n) is 25.8. The number of sulfonamides is 1. The average molecular weight is 637 g/mol. The molecule has 3 aromatic carbocycles. The fourth-order valence-electron chi connectivity index (χ4n) is 5.88. The fourth-order valence-corrected chi connectivity index (χ4v) is 7.57. The van der Waals surface area contributed by atoms with Crippen LogP contribution in [-0.2, 0) is 42.1 Å². The molecule has 0 aromatic heterocycles. The van der Waals surface area contributed by atoms with Crippen LogP contribution < -0.4 is 4.74 Å². The van der Waals surface area contributed by atoms with Gasteiger partial charge in [0.25, 0.3) is 5.91 Å². The van der Waals surface area contributed by atoms with Gasteiger partial charge >= 0.3 is 6.09 Å². The molecule has 240 valence electrons. The molecule has 2 aliphatic heterocycles. The number of methoxy groups -OCH3 is 2. The number of rotatable bonds is 12. The summed E-state index contributed by atoms with van der Waals surface area (Å²) in [5, 5.41) is 0. The Morgan fingerprint density at radius 1 is 0.933 bits per heavy atom. The molecule has 0 bridgehead atoms. The molecule has 2 amide bonds. The van der Waals surface area contributed by atoms with E-state index in [0.29, 0.717) is 25.9 Å². The van der Waals surface area contributed by atoms with Crippen LogP contribution in [0.4, 0.5) is 4.79 Å². The summed E-state index contributed by atoms with van der Waals surface area (Å²) in [4.78, 5) is 27.8. The Morgan fingerprint density at radius 2 is 1.64 bits per heavy atom. The van der Waals surface area contributed by atoms with Crippen LogP contribution in [0.3, 0.4) is 0 Å². The van der Waals surface area contributed by atoms with Crippen molar-refractivity contribution in [3.05, 3.63) is 95.6 Å². The van der Waals surface area contributed by atoms with Crippen LogP contribution in [0.1, 0.15) is 36.0 Å². The molecule has 45 heavy (non-hydrogen) atoms. The van der Waals surface area contributed by atoms with Crippen molar-refractivity contribution >= 4 is 22.0 Å². The number of ether oxygens (including phenoxy) is 4. The predicted molar refractivity (Wildman–Crippen MR) is 167 cm³/mol. The van der Waals surface area contributed by atoms with Crippen LogP contribution in [0.15, 0.2) is 83.8 Å². The Morgan fingerprint density at radius 3 is 2.31 bits per heavy atom. The second-order valence-corrected chi connectivity index (χ2v) is 13.4. The third-order valence-electron chi connectivity index (χ3n) is 8.44. The first-order valence-corrected chi connectivity index (χ1v) is 16.5. The minimum Gasteiger partial charge on any atom is -0.497 e. The first kappa shape index (κ1) is 32.6. The van der Waals surface area contributed by atoms with E-state index in [2.05, 4.69) is 0 Å². The van der Waals surface area contributed by atoms with Crippen molar-refractivity contribution in [1.82, 2.24) is 9.21 Å². The quantitative estimate of drug-likeness (QED) is 0.281. The normalized spacial score (nSPS) is 21.4. The van der Waals surface area contributed by atoms with Gasteiger partial charge in [-0.1, -0.05) is 60.2 Å². The van der Waals surface area contributed by atoms with E-state index in [-0.39, 0.29) is 30.6 Å². The number of hydrogen-bond acceptors (Lipinski definition) is 8. The highest BCUT2D eigenvalue weighted by atomic mass is 32.2. The minimum absolute atomic E-state index is 0.0768. The molecule has 3 aromatic rings. The van der Waals surface area contributed by atoms with Crippen LogP contribution in [0.25, 0.3) is 0 Å². The number of benzene rings is 3. The highest BCUT2D eigenvalue weighted by Gasteiger charge is 2.44. The maximum Gasteiger partial charge on any atom is 0.417 e. The molecule has 2 fully saturated rings. The van der Waals surface area contributed by atoms with Crippen LogP contribution in [0.2, 0.25) is 0 Å². The van der Waals surface area contributed by atoms with Gasteiger partial charge < -0.3 is 18.9 Å². The first-order valence-electron chi connectivity index (χ1n) is 15.1. The summed E-state index contributed by atoms with van der Waals surface area (Å²) in [6.07, 6.45) is -0.567. The van der Waals surface area contributed by atoms with Gasteiger partial charge in [0.05, 0.1) is 30.8 Å². The number of cyclic esters (lactones) is 1. The number of hydrogen-bond donors (Lipinski definition) is 0. The molecular weight excluding hydrogens is 596 g/mol. The molecule has 2 heterocycles. The van der Waals surface area contributed by atoms with Crippen molar-refractivity contribution in [1.29, 1.82) is 0 Å². The Labute approximate surface area is 264 Å². The van der Waals surface area contributed by atoms with Crippen molar-refractivity contribution in [2.75, 3.05) is 27.4 Å². The van der Waals surface area contributed by atoms with Crippen molar-refractivity contribution in [3.63, 3.8) is 0 Å². The summed E-state index contributed by atoms with van der Waals surface area (Å²) < 4.78 is 51.9. The molecule has 2 unspecified atom stereocenters. The number of carbonyl (C=O) groups is 2. The van der Waals surface area contributed by atoms with Gasteiger partial charge in [-0.3, -0.25) is 4.79 Å². The standard InChI is InChI=1S/C34H40N2O8S/c1-24-9-17-31(18-10-24)45(39,40)35-21-30(43-22-26-11-14-29(41-2)15-12-26)16-13-27(35)20-32(42-3)33(37)36-28(23-44-34(36)38)19-25-7-5-4-6-8-25/h4-12,14-15,17-18,27-28,30,32H,13,16,19-23H2,1-3H3/t27-,28?,30+,32?/m0/s1. The fraction of sp³-hybridized carbons (Fsp3) is 0.412. The lowest BCUT2D eigenvalue weighted by Crippen LogP contribution is -2.53. The lowest BCUT2D eigenvalue weighted by molar-refractivity contribution is -0.141. The summed E-state index contributed by atoms with van der Waals surface area (Å²) in [7, 11) is -0.942. The summed E-state index contributed by atoms with van der Waals surface area (Å²) in [5.41, 5.74) is 2.85. The van der Waals surface area contributed by atoms with Gasteiger partial charge in [-0.25, -0.2) is 18.1 Å². The zero-order chi connectivity index (χ0) is 32.0. The highest BCUT2D eigenvalue weighted by Crippen LogP contribution is 2.31. The van der Waals surface area contributed by atoms with E-state index >= 15 is 0 Å². The molecule has 11 heteroatoms. The largest absolute Gasteiger partial charge is 0.497 e. The summed E-state index contributed by atoms with van der Waals surface area (Å²) >= 11 is 0. The predicted octanol–water partition coefficient (Wildman–Crippen LogP) is 4.74. The summed E-state index contributed by atoms with van der Waals surface area (Å²) in [6.45, 7) is 2.41. The number of carbonyl (C=O) groups excluding carboxylic acids is 2. The number of piperidine rings is 1. The SMILES string of the molecule is COc1ccc(CO[C@@H]2CC[C@@H](CC(OC)C(=O)N3C(=O)OCC3Cc3ccccc3)N(S(=O)(=O)c3ccc(C)cc3)C2)cc1. The molecule has 5 rings (SSSR count). The molecule has 0 aliphatic carbocycles. The number of nitrogens with zero attached hydrogens (tertiary/aromatic N) is 2. The van der Waals surface area contributed by atoms with Gasteiger partial charge in [0.15, 0.2) is 0 Å². The third-order valence-corrected chi connectivity index (χ3v) is 10.4. The maximum absolute atomic E-state index is 14.0. The topological polar surface area (TPSA) is 112 Å². The van der Waals surface area contributed by atoms with Crippen molar-refractivity contribution in [2.45, 2.75) is 68.4 Å². The third kappa shape index (κ3) is 7.73. The Kier molecular flexibility index (Phi) is 10.5. The highest BCUT2D eigenvalue weighted by molar-refractivity contribution is 7.89. The van der Waals surface area contributed by atoms with Crippen molar-refractivity contribution in [3.8, 4) is 5.75 Å². The van der Waals surface area contributed by atoms with E-state index in [9.17, 15) is 18.0 Å². The molecule has 10 nitrogen and oxygen atoms in total. The number of imide groups is 1. The molecule has 0 radical (unpaired) electrons. The number of aryl methyl sites for hydroxylation is 1. The van der Waals surface area contributed by atoms with Gasteiger partial charge in [-0.2, -0.15) is 4.31 Å². The second kappa shape index (κ2) is 14.6. The van der Waals surface area contributed by atoms with Gasteiger partial charge in [0.1, 0.15) is 18.5 Å². The minimum atomic E-state index is -3.95. The van der Waals surface area contributed by atoms with E-state index in [1.807, 2.05) is 61.5 Å². The Hall–Kier alpha value is -3.77. The van der Waals surface area contributed by atoms with Gasteiger partial charge in [-0.05, 0) is 68.0 Å². The number of amides is 2. The smallest absolute Gasteiger partial charge is 0.417 e. The molecule has 2 aliphatic rings. The van der Waals surface area contributed by atoms with E-state index in [1.165, 1.54) is 11.4 Å². The zero-order valence-corrected chi connectivity index (χ0v) is 26.6. The molecule has 4 atom stereocenters. The van der Waals surface area contributed by atoms with Gasteiger partial charge in [0.2, 0.25) is 10.0 Å². The average Bonchev–Trinajstić information content (AvgIpc) is 3.42. The van der Waals surface area contributed by atoms with Crippen molar-refractivity contribution < 1.29 is 37.0 Å². The van der Waals surface area contributed by atoms with Gasteiger partial charge in [-0.15, -0.1) is 0 Å². The van der Waals surface area contributed by atoms with E-state index in [1.54, 1.807) is 31.4 Å². The molecule has 0 N–H and O–H groups in total. The molecular formula is C34H40N2O8S. The lowest BCUT2D eigenvalue weighted by Gasteiger charge is -2.40. The summed E-state index contributed by atoms with van der Waals surface area (Å²) in [6, 6.07) is 22.8. The summed E-state index contributed by atoms with van der Waals surface area (Å²) in [5.74, 6) is 0.206. The van der Waals surface area contributed by atoms with Crippen LogP contribution >= 0.6 is 0 Å². The monoisotopic (exact) mass is 636 g/mol. The second-order valence-electron chi connectivity index (χ2n) is 11.5. The van der Waals surface area contributed by atoms with Crippen molar-refractivity contribution in [2.24, 2.45) is 0 Å². The maximum atomic E-state index is 14.0. The van der Waals surface area contributed by atoms with Gasteiger partial charge in [0, 0.05) is 19.7 Å². The Bertz CT molecular complexity index is 1550.